The number of carbonyl (C=O) groups is 1. The highest BCUT2D eigenvalue weighted by atomic mass is 16.1. The Morgan fingerprint density at radius 2 is 2.05 bits per heavy atom. The van der Waals surface area contributed by atoms with Crippen LogP contribution in [0.1, 0.15) is 16.2 Å². The lowest BCUT2D eigenvalue weighted by atomic mass is 10.3. The average Bonchev–Trinajstić information content (AvgIpc) is 3.10. The van der Waals surface area contributed by atoms with Gasteiger partial charge in [-0.1, -0.05) is 23.4 Å². The van der Waals surface area contributed by atoms with E-state index in [1.165, 1.54) is 15.7 Å². The van der Waals surface area contributed by atoms with E-state index >= 15 is 0 Å². The molecule has 0 saturated carbocycles. The molecule has 100 valence electrons. The number of carbonyl (C=O) groups excluding carboxylic acids is 1. The predicted molar refractivity (Wildman–Crippen MR) is 69.0 cm³/mol. The van der Waals surface area contributed by atoms with E-state index < -0.39 is 5.91 Å². The van der Waals surface area contributed by atoms with Gasteiger partial charge in [-0.05, 0) is 12.1 Å². The number of benzene rings is 1. The van der Waals surface area contributed by atoms with Gasteiger partial charge in [0.15, 0.2) is 5.69 Å². The number of hydrogen-bond acceptors (Lipinski definition) is 5. The molecule has 0 unspecified atom stereocenters. The van der Waals surface area contributed by atoms with Crippen LogP contribution in [0.15, 0.2) is 42.7 Å². The third-order valence-corrected chi connectivity index (χ3v) is 2.64. The topological polar surface area (TPSA) is 105 Å². The summed E-state index contributed by atoms with van der Waals surface area (Å²) in [5, 5.41) is 16.0. The van der Waals surface area contributed by atoms with Gasteiger partial charge in [0.25, 0.3) is 5.91 Å². The SMILES string of the molecule is NC(=O)c1cn(Cc2cnn(-c3ccccc3)n2)nn1. The van der Waals surface area contributed by atoms with Crippen molar-refractivity contribution in [1.29, 1.82) is 0 Å². The molecule has 1 aromatic carbocycles. The van der Waals surface area contributed by atoms with Gasteiger partial charge in [0.05, 0.1) is 24.6 Å². The molecular formula is C12H11N7O. The van der Waals surface area contributed by atoms with Gasteiger partial charge in [-0.15, -0.1) is 5.10 Å². The fraction of sp³-hybridized carbons (Fsp3) is 0.0833. The van der Waals surface area contributed by atoms with Gasteiger partial charge in [0.2, 0.25) is 0 Å². The summed E-state index contributed by atoms with van der Waals surface area (Å²) in [5.41, 5.74) is 6.81. The summed E-state index contributed by atoms with van der Waals surface area (Å²) in [7, 11) is 0. The maximum absolute atomic E-state index is 10.9. The number of nitrogens with zero attached hydrogens (tertiary/aromatic N) is 6. The number of para-hydroxylation sites is 1. The van der Waals surface area contributed by atoms with Crippen LogP contribution in [0.3, 0.4) is 0 Å². The lowest BCUT2D eigenvalue weighted by molar-refractivity contribution is 0.0995. The van der Waals surface area contributed by atoms with E-state index in [2.05, 4.69) is 20.5 Å². The summed E-state index contributed by atoms with van der Waals surface area (Å²) in [6, 6.07) is 9.56. The van der Waals surface area contributed by atoms with Gasteiger partial charge in [0, 0.05) is 0 Å². The number of nitrogens with two attached hydrogens (primary N) is 1. The lowest BCUT2D eigenvalue weighted by Crippen LogP contribution is -2.11. The maximum Gasteiger partial charge on any atom is 0.270 e. The second-order valence-corrected chi connectivity index (χ2v) is 4.13. The Morgan fingerprint density at radius 1 is 1.25 bits per heavy atom. The van der Waals surface area contributed by atoms with E-state index in [1.54, 1.807) is 6.20 Å². The van der Waals surface area contributed by atoms with Crippen LogP contribution in [0.25, 0.3) is 5.69 Å². The van der Waals surface area contributed by atoms with Crippen molar-refractivity contribution in [2.75, 3.05) is 0 Å². The van der Waals surface area contributed by atoms with E-state index in [1.807, 2.05) is 30.3 Å². The van der Waals surface area contributed by atoms with Crippen LogP contribution in [-0.2, 0) is 6.54 Å². The molecule has 0 aliphatic carbocycles. The van der Waals surface area contributed by atoms with Crippen molar-refractivity contribution in [2.24, 2.45) is 5.73 Å². The van der Waals surface area contributed by atoms with Crippen LogP contribution in [-0.4, -0.2) is 35.9 Å². The first-order valence-corrected chi connectivity index (χ1v) is 5.89. The third-order valence-electron chi connectivity index (χ3n) is 2.64. The molecule has 0 aliphatic rings. The highest BCUT2D eigenvalue weighted by molar-refractivity contribution is 5.90. The van der Waals surface area contributed by atoms with Crippen molar-refractivity contribution in [3.05, 3.63) is 54.1 Å². The van der Waals surface area contributed by atoms with Gasteiger partial charge in [-0.2, -0.15) is 15.0 Å². The zero-order valence-corrected chi connectivity index (χ0v) is 10.4. The second-order valence-electron chi connectivity index (χ2n) is 4.13. The first-order valence-electron chi connectivity index (χ1n) is 5.89. The van der Waals surface area contributed by atoms with Gasteiger partial charge < -0.3 is 5.73 Å². The predicted octanol–water partition coefficient (Wildman–Crippen LogP) is 0.00600. The van der Waals surface area contributed by atoms with Crippen molar-refractivity contribution in [3.63, 3.8) is 0 Å². The summed E-state index contributed by atoms with van der Waals surface area (Å²) >= 11 is 0. The highest BCUT2D eigenvalue weighted by Gasteiger charge is 2.08. The molecule has 2 heterocycles. The van der Waals surface area contributed by atoms with Crippen molar-refractivity contribution in [2.45, 2.75) is 6.54 Å². The molecule has 2 N–H and O–H groups in total. The van der Waals surface area contributed by atoms with Crippen LogP contribution in [0.2, 0.25) is 0 Å². The Hall–Kier alpha value is -3.03. The molecule has 0 atom stereocenters. The van der Waals surface area contributed by atoms with Crippen LogP contribution >= 0.6 is 0 Å². The van der Waals surface area contributed by atoms with Gasteiger partial charge in [-0.3, -0.25) is 4.79 Å². The lowest BCUT2D eigenvalue weighted by Gasteiger charge is -1.97. The minimum absolute atomic E-state index is 0.125. The molecule has 3 aromatic rings. The van der Waals surface area contributed by atoms with Crippen LogP contribution in [0.5, 0.6) is 0 Å². The third kappa shape index (κ3) is 2.39. The van der Waals surface area contributed by atoms with Gasteiger partial charge in [0.1, 0.15) is 5.69 Å². The van der Waals surface area contributed by atoms with E-state index in [-0.39, 0.29) is 5.69 Å². The number of rotatable bonds is 4. The maximum atomic E-state index is 10.9. The summed E-state index contributed by atoms with van der Waals surface area (Å²) < 4.78 is 1.49. The van der Waals surface area contributed by atoms with E-state index in [4.69, 9.17) is 5.73 Å². The Balaban J connectivity index is 1.78. The average molecular weight is 269 g/mol. The van der Waals surface area contributed by atoms with E-state index in [9.17, 15) is 4.79 Å². The van der Waals surface area contributed by atoms with Crippen LogP contribution < -0.4 is 5.73 Å². The van der Waals surface area contributed by atoms with Crippen molar-refractivity contribution in [3.8, 4) is 5.69 Å². The van der Waals surface area contributed by atoms with E-state index in [0.717, 1.165) is 5.69 Å². The summed E-state index contributed by atoms with van der Waals surface area (Å²) in [6.45, 7) is 0.368. The number of amides is 1. The first-order chi connectivity index (χ1) is 9.72. The smallest absolute Gasteiger partial charge is 0.270 e. The number of aromatic nitrogens is 6. The number of hydrogen-bond donors (Lipinski definition) is 1. The summed E-state index contributed by atoms with van der Waals surface area (Å²) in [6.07, 6.45) is 3.11. The molecule has 0 spiro atoms. The fourth-order valence-electron chi connectivity index (χ4n) is 1.71. The summed E-state index contributed by atoms with van der Waals surface area (Å²) in [4.78, 5) is 12.5. The molecular weight excluding hydrogens is 258 g/mol. The zero-order chi connectivity index (χ0) is 13.9. The number of primary amides is 1. The Morgan fingerprint density at radius 3 is 2.75 bits per heavy atom. The monoisotopic (exact) mass is 269 g/mol. The zero-order valence-electron chi connectivity index (χ0n) is 10.4. The fourth-order valence-corrected chi connectivity index (χ4v) is 1.71. The molecule has 8 nitrogen and oxygen atoms in total. The normalized spacial score (nSPS) is 10.6. The Labute approximate surface area is 113 Å². The van der Waals surface area contributed by atoms with Gasteiger partial charge >= 0.3 is 0 Å². The molecule has 2 aromatic heterocycles. The van der Waals surface area contributed by atoms with E-state index in [0.29, 0.717) is 12.2 Å². The second kappa shape index (κ2) is 4.92. The molecule has 3 rings (SSSR count). The minimum atomic E-state index is -0.607. The highest BCUT2D eigenvalue weighted by Crippen LogP contribution is 2.05. The van der Waals surface area contributed by atoms with Crippen LogP contribution in [0, 0.1) is 0 Å². The molecule has 0 bridgehead atoms. The van der Waals surface area contributed by atoms with Crippen molar-refractivity contribution < 1.29 is 4.79 Å². The molecule has 1 amide bonds. The standard InChI is InChI=1S/C12H11N7O/c13-12(20)11-8-18(17-15-11)7-9-6-14-19(16-9)10-4-2-1-3-5-10/h1-6,8H,7H2,(H2,13,20). The largest absolute Gasteiger partial charge is 0.364 e. The first kappa shape index (κ1) is 12.0. The molecule has 0 radical (unpaired) electrons. The van der Waals surface area contributed by atoms with Crippen LogP contribution in [0.4, 0.5) is 0 Å². The molecule has 0 fully saturated rings. The molecule has 20 heavy (non-hydrogen) atoms. The molecule has 0 saturated heterocycles. The Bertz CT molecular complexity index is 731. The molecule has 8 heteroatoms. The van der Waals surface area contributed by atoms with Gasteiger partial charge in [-0.25, -0.2) is 4.68 Å². The molecule has 0 aliphatic heterocycles. The Kier molecular flexibility index (Phi) is 2.96. The minimum Gasteiger partial charge on any atom is -0.364 e. The van der Waals surface area contributed by atoms with Crippen molar-refractivity contribution in [1.82, 2.24) is 30.0 Å². The van der Waals surface area contributed by atoms with Crippen molar-refractivity contribution >= 4 is 5.91 Å². The quantitative estimate of drug-likeness (QED) is 0.718. The summed E-state index contributed by atoms with van der Waals surface area (Å²) in [5.74, 6) is -0.607.